The van der Waals surface area contributed by atoms with E-state index in [2.05, 4.69) is 39.0 Å². The van der Waals surface area contributed by atoms with Crippen LogP contribution in [0.5, 0.6) is 5.75 Å². The molecular weight excluding hydrogens is 378 g/mol. The molecule has 1 fully saturated rings. The summed E-state index contributed by atoms with van der Waals surface area (Å²) in [6.07, 6.45) is 5.58. The zero-order valence-corrected chi connectivity index (χ0v) is 16.6. The fourth-order valence-electron chi connectivity index (χ4n) is 4.69. The van der Waals surface area contributed by atoms with Crippen molar-refractivity contribution in [2.24, 2.45) is 17.6 Å². The van der Waals surface area contributed by atoms with Gasteiger partial charge in [-0.2, -0.15) is 5.10 Å². The van der Waals surface area contributed by atoms with Crippen LogP contribution in [0.2, 0.25) is 0 Å². The van der Waals surface area contributed by atoms with Gasteiger partial charge in [0.05, 0.1) is 23.8 Å². The lowest BCUT2D eigenvalue weighted by atomic mass is 9.94. The second kappa shape index (κ2) is 6.58. The summed E-state index contributed by atoms with van der Waals surface area (Å²) in [6, 6.07) is 10.4. The molecule has 7 heteroatoms. The largest absolute Gasteiger partial charge is 0.491 e. The molecule has 1 aliphatic carbocycles. The number of carbonyl (C=O) groups is 1. The number of amides is 1. The monoisotopic (exact) mass is 401 g/mol. The summed E-state index contributed by atoms with van der Waals surface area (Å²) in [7, 11) is 0. The van der Waals surface area contributed by atoms with Crippen LogP contribution < -0.4 is 10.5 Å². The molecule has 3 heterocycles. The summed E-state index contributed by atoms with van der Waals surface area (Å²) in [5.74, 6) is 1.90. The Bertz CT molecular complexity index is 1280. The molecule has 2 aromatic heterocycles. The van der Waals surface area contributed by atoms with Crippen molar-refractivity contribution in [3.05, 3.63) is 42.1 Å². The minimum Gasteiger partial charge on any atom is -0.491 e. The van der Waals surface area contributed by atoms with Crippen LogP contribution in [0.4, 0.5) is 0 Å². The van der Waals surface area contributed by atoms with Crippen molar-refractivity contribution in [2.75, 3.05) is 6.61 Å². The zero-order chi connectivity index (χ0) is 20.2. The molecule has 1 saturated carbocycles. The molecule has 0 radical (unpaired) electrons. The van der Waals surface area contributed by atoms with E-state index >= 15 is 0 Å². The Morgan fingerprint density at radius 3 is 3.03 bits per heavy atom. The molecule has 1 amide bonds. The van der Waals surface area contributed by atoms with E-state index in [4.69, 9.17) is 15.5 Å². The number of imidazole rings is 1. The summed E-state index contributed by atoms with van der Waals surface area (Å²) >= 11 is 0. The molecule has 1 atom stereocenters. The number of nitrogens with one attached hydrogen (secondary N) is 1. The molecular formula is C23H23N5O2. The van der Waals surface area contributed by atoms with Gasteiger partial charge in [0.1, 0.15) is 17.1 Å². The maximum atomic E-state index is 12.0. The molecule has 4 aromatic rings. The zero-order valence-electron chi connectivity index (χ0n) is 16.6. The van der Waals surface area contributed by atoms with Crippen LogP contribution in [0.3, 0.4) is 0 Å². The molecule has 1 aliphatic heterocycles. The van der Waals surface area contributed by atoms with Gasteiger partial charge in [-0.3, -0.25) is 9.89 Å². The van der Waals surface area contributed by atoms with Crippen molar-refractivity contribution in [3.8, 4) is 17.1 Å². The molecule has 7 nitrogen and oxygen atoms in total. The van der Waals surface area contributed by atoms with Crippen LogP contribution in [0.25, 0.3) is 33.3 Å². The van der Waals surface area contributed by atoms with Crippen molar-refractivity contribution < 1.29 is 9.53 Å². The van der Waals surface area contributed by atoms with Gasteiger partial charge in [-0.1, -0.05) is 0 Å². The molecule has 2 aromatic carbocycles. The summed E-state index contributed by atoms with van der Waals surface area (Å²) in [6.45, 7) is 1.52. The van der Waals surface area contributed by atoms with E-state index in [0.29, 0.717) is 18.9 Å². The third kappa shape index (κ3) is 2.84. The van der Waals surface area contributed by atoms with Crippen LogP contribution in [0.1, 0.15) is 24.8 Å². The van der Waals surface area contributed by atoms with Gasteiger partial charge in [0.25, 0.3) is 0 Å². The van der Waals surface area contributed by atoms with E-state index in [1.807, 2.05) is 12.3 Å². The van der Waals surface area contributed by atoms with Crippen molar-refractivity contribution >= 4 is 27.8 Å². The SMILES string of the molecule is NC(=O)[C@@H](Cc1cc2c3c(c1)nc(-c1ccc4[nH]ncc4c1)n3CCCO2)C1CC1. The number of aromatic nitrogens is 4. The summed E-state index contributed by atoms with van der Waals surface area (Å²) in [5.41, 5.74) is 10.8. The number of hydrogen-bond acceptors (Lipinski definition) is 4. The number of rotatable bonds is 5. The van der Waals surface area contributed by atoms with Gasteiger partial charge in [0.2, 0.25) is 5.91 Å². The van der Waals surface area contributed by atoms with E-state index in [1.165, 1.54) is 0 Å². The van der Waals surface area contributed by atoms with E-state index in [9.17, 15) is 4.79 Å². The number of ether oxygens (including phenoxy) is 1. The predicted molar refractivity (Wildman–Crippen MR) is 114 cm³/mol. The number of nitrogens with zero attached hydrogens (tertiary/aromatic N) is 3. The van der Waals surface area contributed by atoms with E-state index < -0.39 is 0 Å². The molecule has 0 saturated heterocycles. The third-order valence-electron chi connectivity index (χ3n) is 6.36. The first-order chi connectivity index (χ1) is 14.7. The first-order valence-electron chi connectivity index (χ1n) is 10.6. The topological polar surface area (TPSA) is 98.8 Å². The van der Waals surface area contributed by atoms with Crippen LogP contribution in [0, 0.1) is 11.8 Å². The maximum Gasteiger partial charge on any atom is 0.221 e. The molecule has 0 unspecified atom stereocenters. The quantitative estimate of drug-likeness (QED) is 0.535. The lowest BCUT2D eigenvalue weighted by molar-refractivity contribution is -0.122. The summed E-state index contributed by atoms with van der Waals surface area (Å²) in [4.78, 5) is 17.0. The average Bonchev–Trinajstić information content (AvgIpc) is 3.40. The predicted octanol–water partition coefficient (Wildman–Crippen LogP) is 3.42. The highest BCUT2D eigenvalue weighted by atomic mass is 16.5. The van der Waals surface area contributed by atoms with Crippen molar-refractivity contribution in [2.45, 2.75) is 32.2 Å². The fourth-order valence-corrected chi connectivity index (χ4v) is 4.69. The van der Waals surface area contributed by atoms with E-state index in [1.54, 1.807) is 0 Å². The van der Waals surface area contributed by atoms with Gasteiger partial charge < -0.3 is 15.0 Å². The first kappa shape index (κ1) is 17.5. The molecule has 0 bridgehead atoms. The molecule has 2 aliphatic rings. The van der Waals surface area contributed by atoms with Crippen LogP contribution >= 0.6 is 0 Å². The Morgan fingerprint density at radius 2 is 2.20 bits per heavy atom. The lowest BCUT2D eigenvalue weighted by Gasteiger charge is -2.13. The average molecular weight is 401 g/mol. The van der Waals surface area contributed by atoms with E-state index in [-0.39, 0.29) is 11.8 Å². The van der Waals surface area contributed by atoms with Crippen molar-refractivity contribution in [1.82, 2.24) is 19.7 Å². The summed E-state index contributed by atoms with van der Waals surface area (Å²) in [5, 5.41) is 8.18. The van der Waals surface area contributed by atoms with Crippen molar-refractivity contribution in [1.29, 1.82) is 0 Å². The number of H-pyrrole nitrogens is 1. The number of aryl methyl sites for hydroxylation is 1. The highest BCUT2D eigenvalue weighted by Crippen LogP contribution is 2.40. The van der Waals surface area contributed by atoms with Gasteiger partial charge >= 0.3 is 0 Å². The van der Waals surface area contributed by atoms with Gasteiger partial charge in [-0.25, -0.2) is 4.98 Å². The molecule has 3 N–H and O–H groups in total. The molecule has 30 heavy (non-hydrogen) atoms. The standard InChI is InChI=1S/C23H23N5O2/c24-22(29)17(14-2-3-14)8-13-9-19-21-20(10-13)30-7-1-6-28(21)23(26-19)15-4-5-18-16(11-15)12-25-27-18/h4-5,9-12,14,17H,1-3,6-8H2,(H2,24,29)(H,25,27)/t17-/m0/s1. The molecule has 0 spiro atoms. The van der Waals surface area contributed by atoms with Gasteiger partial charge in [0, 0.05) is 23.4 Å². The molecule has 6 rings (SSSR count). The minimum atomic E-state index is -0.205. The van der Waals surface area contributed by atoms with Crippen LogP contribution in [0.15, 0.2) is 36.5 Å². The maximum absolute atomic E-state index is 12.0. The molecule has 152 valence electrons. The highest BCUT2D eigenvalue weighted by molar-refractivity contribution is 5.89. The second-order valence-corrected chi connectivity index (χ2v) is 8.47. The first-order valence-corrected chi connectivity index (χ1v) is 10.6. The number of hydrogen-bond donors (Lipinski definition) is 2. The lowest BCUT2D eigenvalue weighted by Crippen LogP contribution is -2.26. The van der Waals surface area contributed by atoms with Gasteiger partial charge in [-0.05, 0) is 67.5 Å². The Balaban J connectivity index is 1.48. The Hall–Kier alpha value is -3.35. The number of benzene rings is 2. The highest BCUT2D eigenvalue weighted by Gasteiger charge is 2.35. The van der Waals surface area contributed by atoms with Gasteiger partial charge in [-0.15, -0.1) is 0 Å². The Labute approximate surface area is 173 Å². The third-order valence-corrected chi connectivity index (χ3v) is 6.36. The van der Waals surface area contributed by atoms with Crippen LogP contribution in [-0.2, 0) is 17.8 Å². The fraction of sp³-hybridized carbons (Fsp3) is 0.348. The van der Waals surface area contributed by atoms with Crippen LogP contribution in [-0.4, -0.2) is 32.3 Å². The van der Waals surface area contributed by atoms with E-state index in [0.717, 1.165) is 70.4 Å². The van der Waals surface area contributed by atoms with Crippen molar-refractivity contribution in [3.63, 3.8) is 0 Å². The number of primary amides is 1. The summed E-state index contributed by atoms with van der Waals surface area (Å²) < 4.78 is 8.35. The normalized spacial score (nSPS) is 17.1. The Morgan fingerprint density at radius 1 is 1.30 bits per heavy atom. The second-order valence-electron chi connectivity index (χ2n) is 8.47. The van der Waals surface area contributed by atoms with Gasteiger partial charge in [0.15, 0.2) is 0 Å². The minimum absolute atomic E-state index is 0.106. The number of carbonyl (C=O) groups excluding carboxylic acids is 1. The number of aromatic amines is 1. The Kier molecular flexibility index (Phi) is 3.84. The number of fused-ring (bicyclic) bond motifs is 1. The smallest absolute Gasteiger partial charge is 0.221 e. The number of nitrogens with two attached hydrogens (primary N) is 1.